The summed E-state index contributed by atoms with van der Waals surface area (Å²) in [5.74, 6) is 1.70. The Hall–Kier alpha value is -2.86. The molecule has 140 valence electrons. The summed E-state index contributed by atoms with van der Waals surface area (Å²) in [6.07, 6.45) is 0.854. The lowest BCUT2D eigenvalue weighted by molar-refractivity contribution is 0.0985. The van der Waals surface area contributed by atoms with Gasteiger partial charge in [0.05, 0.1) is 0 Å². The number of hydrogen-bond acceptors (Lipinski definition) is 6. The molecule has 0 radical (unpaired) electrons. The van der Waals surface area contributed by atoms with Gasteiger partial charge in [-0.1, -0.05) is 41.9 Å². The number of benzene rings is 2. The van der Waals surface area contributed by atoms with Gasteiger partial charge in [0.2, 0.25) is 11.9 Å². The Morgan fingerprint density at radius 2 is 1.70 bits per heavy atom. The highest BCUT2D eigenvalue weighted by atomic mass is 35.5. The molecule has 0 saturated carbocycles. The van der Waals surface area contributed by atoms with Crippen LogP contribution >= 0.6 is 11.6 Å². The highest BCUT2D eigenvalue weighted by Crippen LogP contribution is 2.27. The molecule has 0 unspecified atom stereocenters. The summed E-state index contributed by atoms with van der Waals surface area (Å²) in [5.41, 5.74) is 6.32. The molecule has 1 heterocycles. The summed E-state index contributed by atoms with van der Waals surface area (Å²) in [6, 6.07) is 17.3. The maximum atomic E-state index is 6.03. The number of hydrogen-bond donors (Lipinski definition) is 2. The molecule has 0 bridgehead atoms. The molecule has 0 saturated heterocycles. The van der Waals surface area contributed by atoms with Crippen LogP contribution in [0.15, 0.2) is 54.6 Å². The molecular formula is C20H22ClN5O. The number of ether oxygens (including phenoxy) is 1. The van der Waals surface area contributed by atoms with Crippen LogP contribution in [0, 0.1) is 0 Å². The molecule has 27 heavy (non-hydrogen) atoms. The van der Waals surface area contributed by atoms with Gasteiger partial charge in [-0.2, -0.15) is 15.0 Å². The molecule has 3 N–H and O–H groups in total. The second-order valence-electron chi connectivity index (χ2n) is 6.57. The summed E-state index contributed by atoms with van der Waals surface area (Å²) in [4.78, 5) is 12.9. The Morgan fingerprint density at radius 1 is 1.00 bits per heavy atom. The van der Waals surface area contributed by atoms with Crippen LogP contribution in [0.4, 0.5) is 11.9 Å². The lowest BCUT2D eigenvalue weighted by Crippen LogP contribution is -2.29. The standard InChI is InChI=1S/C20H22ClN5O/c1-20(2,27-16-10-8-15(21)9-11-16)17-24-18(22)26-19(25-17)23-13-12-14-6-4-3-5-7-14/h3-11H,12-13H2,1-2H3,(H3,22,23,24,25,26). The molecule has 0 aliphatic rings. The van der Waals surface area contributed by atoms with Crippen LogP contribution in [-0.2, 0) is 12.0 Å². The Morgan fingerprint density at radius 3 is 2.41 bits per heavy atom. The minimum Gasteiger partial charge on any atom is -0.480 e. The molecule has 6 nitrogen and oxygen atoms in total. The molecule has 0 aliphatic carbocycles. The molecule has 0 aliphatic heterocycles. The first kappa shape index (κ1) is 18.9. The SMILES string of the molecule is CC(C)(Oc1ccc(Cl)cc1)c1nc(N)nc(NCCc2ccccc2)n1. The van der Waals surface area contributed by atoms with Crippen LogP contribution in [0.2, 0.25) is 5.02 Å². The van der Waals surface area contributed by atoms with Gasteiger partial charge >= 0.3 is 0 Å². The number of rotatable bonds is 7. The minimum atomic E-state index is -0.791. The van der Waals surface area contributed by atoms with E-state index in [0.29, 0.717) is 29.1 Å². The van der Waals surface area contributed by atoms with Crippen LogP contribution in [0.3, 0.4) is 0 Å². The van der Waals surface area contributed by atoms with E-state index in [-0.39, 0.29) is 5.95 Å². The van der Waals surface area contributed by atoms with Crippen molar-refractivity contribution < 1.29 is 4.74 Å². The quantitative estimate of drug-likeness (QED) is 0.639. The average Bonchev–Trinajstić information content (AvgIpc) is 2.64. The van der Waals surface area contributed by atoms with Crippen molar-refractivity contribution in [3.63, 3.8) is 0 Å². The third-order valence-electron chi connectivity index (χ3n) is 3.92. The number of nitrogens with two attached hydrogens (primary N) is 1. The van der Waals surface area contributed by atoms with Gasteiger partial charge in [0.1, 0.15) is 5.75 Å². The summed E-state index contributed by atoms with van der Waals surface area (Å²) in [7, 11) is 0. The number of anilines is 2. The Balaban J connectivity index is 1.70. The van der Waals surface area contributed by atoms with E-state index in [1.165, 1.54) is 5.56 Å². The fraction of sp³-hybridized carbons (Fsp3) is 0.250. The third kappa shape index (κ3) is 5.31. The molecule has 0 spiro atoms. The topological polar surface area (TPSA) is 86.0 Å². The maximum absolute atomic E-state index is 6.03. The van der Waals surface area contributed by atoms with Crippen molar-refractivity contribution in [2.45, 2.75) is 25.9 Å². The van der Waals surface area contributed by atoms with Crippen LogP contribution in [-0.4, -0.2) is 21.5 Å². The van der Waals surface area contributed by atoms with Gasteiger partial charge < -0.3 is 15.8 Å². The normalized spacial score (nSPS) is 11.2. The Labute approximate surface area is 163 Å². The maximum Gasteiger partial charge on any atom is 0.227 e. The van der Waals surface area contributed by atoms with E-state index in [2.05, 4.69) is 32.4 Å². The second kappa shape index (κ2) is 8.22. The van der Waals surface area contributed by atoms with Gasteiger partial charge in [-0.3, -0.25) is 0 Å². The fourth-order valence-corrected chi connectivity index (χ4v) is 2.67. The summed E-state index contributed by atoms with van der Waals surface area (Å²) >= 11 is 5.92. The fourth-order valence-electron chi connectivity index (χ4n) is 2.55. The number of nitrogen functional groups attached to an aromatic ring is 1. The van der Waals surface area contributed by atoms with Gasteiger partial charge in [0.25, 0.3) is 0 Å². The van der Waals surface area contributed by atoms with E-state index in [1.54, 1.807) is 24.3 Å². The predicted octanol–water partition coefficient (Wildman–Crippen LogP) is 4.08. The lowest BCUT2D eigenvalue weighted by atomic mass is 10.1. The van der Waals surface area contributed by atoms with Gasteiger partial charge in [-0.25, -0.2) is 0 Å². The molecular weight excluding hydrogens is 362 g/mol. The van der Waals surface area contributed by atoms with E-state index in [1.807, 2.05) is 32.0 Å². The molecule has 1 aromatic heterocycles. The first-order valence-electron chi connectivity index (χ1n) is 8.67. The summed E-state index contributed by atoms with van der Waals surface area (Å²) < 4.78 is 6.03. The first-order chi connectivity index (χ1) is 12.9. The highest BCUT2D eigenvalue weighted by Gasteiger charge is 2.27. The number of halogens is 1. The third-order valence-corrected chi connectivity index (χ3v) is 4.17. The number of aromatic nitrogens is 3. The van der Waals surface area contributed by atoms with Crippen molar-refractivity contribution in [2.24, 2.45) is 0 Å². The van der Waals surface area contributed by atoms with Crippen molar-refractivity contribution in [3.05, 3.63) is 71.0 Å². The zero-order chi connectivity index (χ0) is 19.3. The molecule has 2 aromatic carbocycles. The van der Waals surface area contributed by atoms with Crippen molar-refractivity contribution >= 4 is 23.5 Å². The molecule has 7 heteroatoms. The minimum absolute atomic E-state index is 0.148. The number of nitrogens with one attached hydrogen (secondary N) is 1. The van der Waals surface area contributed by atoms with Crippen molar-refractivity contribution in [3.8, 4) is 5.75 Å². The molecule has 3 aromatic rings. The molecule has 3 rings (SSSR count). The molecule has 0 fully saturated rings. The summed E-state index contributed by atoms with van der Waals surface area (Å²) in [5, 5.41) is 3.85. The van der Waals surface area contributed by atoms with Crippen molar-refractivity contribution in [1.29, 1.82) is 0 Å². The number of nitrogens with zero attached hydrogens (tertiary/aromatic N) is 3. The molecule has 0 atom stereocenters. The molecule has 0 amide bonds. The van der Waals surface area contributed by atoms with Crippen molar-refractivity contribution in [1.82, 2.24) is 15.0 Å². The van der Waals surface area contributed by atoms with E-state index in [0.717, 1.165) is 6.42 Å². The van der Waals surface area contributed by atoms with Crippen LogP contribution in [0.1, 0.15) is 25.2 Å². The van der Waals surface area contributed by atoms with Crippen LogP contribution in [0.25, 0.3) is 0 Å². The van der Waals surface area contributed by atoms with E-state index < -0.39 is 5.60 Å². The smallest absolute Gasteiger partial charge is 0.227 e. The zero-order valence-electron chi connectivity index (χ0n) is 15.3. The van der Waals surface area contributed by atoms with Gasteiger partial charge in [0.15, 0.2) is 11.4 Å². The van der Waals surface area contributed by atoms with Crippen LogP contribution < -0.4 is 15.8 Å². The Bertz CT molecular complexity index is 885. The summed E-state index contributed by atoms with van der Waals surface area (Å²) in [6.45, 7) is 4.44. The van der Waals surface area contributed by atoms with Gasteiger partial charge in [0, 0.05) is 11.6 Å². The monoisotopic (exact) mass is 383 g/mol. The lowest BCUT2D eigenvalue weighted by Gasteiger charge is -2.25. The predicted molar refractivity (Wildman–Crippen MR) is 108 cm³/mol. The van der Waals surface area contributed by atoms with E-state index >= 15 is 0 Å². The highest BCUT2D eigenvalue weighted by molar-refractivity contribution is 6.30. The van der Waals surface area contributed by atoms with Crippen LogP contribution in [0.5, 0.6) is 5.75 Å². The van der Waals surface area contributed by atoms with E-state index in [9.17, 15) is 0 Å². The van der Waals surface area contributed by atoms with Gasteiger partial charge in [-0.05, 0) is 50.1 Å². The first-order valence-corrected chi connectivity index (χ1v) is 9.04. The van der Waals surface area contributed by atoms with Gasteiger partial charge in [-0.15, -0.1) is 0 Å². The Kier molecular flexibility index (Phi) is 5.76. The van der Waals surface area contributed by atoms with E-state index in [4.69, 9.17) is 22.1 Å². The zero-order valence-corrected chi connectivity index (χ0v) is 16.1. The van der Waals surface area contributed by atoms with Crippen molar-refractivity contribution in [2.75, 3.05) is 17.6 Å². The second-order valence-corrected chi connectivity index (χ2v) is 7.01. The largest absolute Gasteiger partial charge is 0.480 e. The average molecular weight is 384 g/mol.